The van der Waals surface area contributed by atoms with Crippen LogP contribution in [0.3, 0.4) is 0 Å². The van der Waals surface area contributed by atoms with E-state index in [0.29, 0.717) is 6.04 Å². The van der Waals surface area contributed by atoms with Crippen molar-refractivity contribution in [2.45, 2.75) is 63.1 Å². The second kappa shape index (κ2) is 6.23. The van der Waals surface area contributed by atoms with Crippen LogP contribution in [0.25, 0.3) is 0 Å². The molecular formula is C16H28N2O3. The van der Waals surface area contributed by atoms with Gasteiger partial charge in [0.1, 0.15) is 6.04 Å². The Morgan fingerprint density at radius 2 is 1.90 bits per heavy atom. The Morgan fingerprint density at radius 3 is 2.52 bits per heavy atom. The van der Waals surface area contributed by atoms with Crippen molar-refractivity contribution in [3.8, 4) is 0 Å². The van der Waals surface area contributed by atoms with Crippen molar-refractivity contribution in [3.63, 3.8) is 0 Å². The highest BCUT2D eigenvalue weighted by molar-refractivity contribution is 5.72. The quantitative estimate of drug-likeness (QED) is 0.857. The Bertz CT molecular complexity index is 374. The van der Waals surface area contributed by atoms with Crippen molar-refractivity contribution in [3.05, 3.63) is 0 Å². The molecule has 2 saturated heterocycles. The first kappa shape index (κ1) is 15.3. The molecule has 120 valence electrons. The highest BCUT2D eigenvalue weighted by Gasteiger charge is 2.42. The van der Waals surface area contributed by atoms with E-state index in [4.69, 9.17) is 9.84 Å². The number of piperazine rings is 1. The van der Waals surface area contributed by atoms with Crippen LogP contribution in [0.4, 0.5) is 0 Å². The number of carboxylic acids is 1. The number of rotatable bonds is 3. The van der Waals surface area contributed by atoms with Crippen LogP contribution in [0.15, 0.2) is 0 Å². The lowest BCUT2D eigenvalue weighted by Crippen LogP contribution is -2.56. The highest BCUT2D eigenvalue weighted by atomic mass is 16.5. The summed E-state index contributed by atoms with van der Waals surface area (Å²) in [6.07, 6.45) is 7.42. The molecule has 1 saturated carbocycles. The third kappa shape index (κ3) is 3.25. The van der Waals surface area contributed by atoms with Gasteiger partial charge in [-0.2, -0.15) is 0 Å². The van der Waals surface area contributed by atoms with Gasteiger partial charge in [-0.25, -0.2) is 0 Å². The number of ether oxygens (including phenoxy) is 1. The van der Waals surface area contributed by atoms with Crippen LogP contribution in [-0.2, 0) is 9.53 Å². The van der Waals surface area contributed by atoms with Crippen molar-refractivity contribution in [2.75, 3.05) is 32.8 Å². The van der Waals surface area contributed by atoms with Gasteiger partial charge in [-0.05, 0) is 32.6 Å². The molecule has 3 fully saturated rings. The molecular weight excluding hydrogens is 268 g/mol. The number of hydrogen-bond acceptors (Lipinski definition) is 4. The Kier molecular flexibility index (Phi) is 4.52. The molecule has 2 atom stereocenters. The van der Waals surface area contributed by atoms with Crippen LogP contribution in [-0.4, -0.2) is 71.3 Å². The zero-order valence-corrected chi connectivity index (χ0v) is 13.1. The van der Waals surface area contributed by atoms with Crippen molar-refractivity contribution in [1.82, 2.24) is 9.80 Å². The zero-order valence-electron chi connectivity index (χ0n) is 13.1. The Morgan fingerprint density at radius 1 is 1.24 bits per heavy atom. The number of nitrogens with zero attached hydrogens (tertiary/aromatic N) is 2. The molecule has 5 heteroatoms. The van der Waals surface area contributed by atoms with Crippen LogP contribution in [0.5, 0.6) is 0 Å². The third-order valence-corrected chi connectivity index (χ3v) is 5.75. The molecule has 0 bridgehead atoms. The smallest absolute Gasteiger partial charge is 0.320 e. The molecule has 0 aromatic heterocycles. The summed E-state index contributed by atoms with van der Waals surface area (Å²) in [6, 6.07) is 0.280. The van der Waals surface area contributed by atoms with Crippen LogP contribution in [0, 0.1) is 0 Å². The largest absolute Gasteiger partial charge is 0.480 e. The summed E-state index contributed by atoms with van der Waals surface area (Å²) in [7, 11) is 0. The fourth-order valence-corrected chi connectivity index (χ4v) is 4.33. The molecule has 1 N–H and O–H groups in total. The summed E-state index contributed by atoms with van der Waals surface area (Å²) in [6.45, 7) is 6.43. The summed E-state index contributed by atoms with van der Waals surface area (Å²) in [5, 5.41) is 9.12. The molecule has 0 aromatic carbocycles. The first-order chi connectivity index (χ1) is 10.1. The average molecular weight is 296 g/mol. The number of carboxylic acid groups (broad SMARTS) is 1. The van der Waals surface area contributed by atoms with Crippen molar-refractivity contribution >= 4 is 5.97 Å². The van der Waals surface area contributed by atoms with Crippen LogP contribution < -0.4 is 0 Å². The fourth-order valence-electron chi connectivity index (χ4n) is 4.33. The molecule has 2 heterocycles. The third-order valence-electron chi connectivity index (χ3n) is 5.75. The number of hydrogen-bond donors (Lipinski definition) is 1. The van der Waals surface area contributed by atoms with E-state index in [1.165, 1.54) is 32.1 Å². The summed E-state index contributed by atoms with van der Waals surface area (Å²) in [5.74, 6) is -0.709. The van der Waals surface area contributed by atoms with E-state index in [9.17, 15) is 4.79 Å². The van der Waals surface area contributed by atoms with E-state index in [1.54, 1.807) is 6.92 Å². The van der Waals surface area contributed by atoms with Gasteiger partial charge in [-0.1, -0.05) is 12.8 Å². The molecule has 0 aromatic rings. The lowest BCUT2D eigenvalue weighted by Gasteiger charge is -2.46. The summed E-state index contributed by atoms with van der Waals surface area (Å²) in [4.78, 5) is 15.7. The van der Waals surface area contributed by atoms with Gasteiger partial charge in [-0.15, -0.1) is 0 Å². The van der Waals surface area contributed by atoms with E-state index >= 15 is 0 Å². The minimum absolute atomic E-state index is 0.175. The van der Waals surface area contributed by atoms with Gasteiger partial charge in [0.15, 0.2) is 0 Å². The van der Waals surface area contributed by atoms with Gasteiger partial charge < -0.3 is 9.84 Å². The normalized spacial score (nSPS) is 32.3. The van der Waals surface area contributed by atoms with Crippen molar-refractivity contribution < 1.29 is 14.6 Å². The molecule has 5 nitrogen and oxygen atoms in total. The number of aliphatic carboxylic acids is 1. The highest BCUT2D eigenvalue weighted by Crippen LogP contribution is 2.41. The SMILES string of the molecule is CC(C(=O)O)N1CCN(C2CCOC3(CCCC3)C2)CC1. The van der Waals surface area contributed by atoms with E-state index in [2.05, 4.69) is 9.80 Å². The van der Waals surface area contributed by atoms with E-state index in [0.717, 1.165) is 39.2 Å². The second-order valence-electron chi connectivity index (χ2n) is 6.97. The van der Waals surface area contributed by atoms with Gasteiger partial charge in [0.25, 0.3) is 0 Å². The van der Waals surface area contributed by atoms with Gasteiger partial charge >= 0.3 is 5.97 Å². The summed E-state index contributed by atoms with van der Waals surface area (Å²) >= 11 is 0. The molecule has 0 radical (unpaired) electrons. The van der Waals surface area contributed by atoms with Crippen LogP contribution >= 0.6 is 0 Å². The van der Waals surface area contributed by atoms with Gasteiger partial charge in [0.05, 0.1) is 5.60 Å². The predicted molar refractivity (Wildman–Crippen MR) is 80.4 cm³/mol. The Hall–Kier alpha value is -0.650. The van der Waals surface area contributed by atoms with Crippen molar-refractivity contribution in [1.29, 1.82) is 0 Å². The first-order valence-corrected chi connectivity index (χ1v) is 8.45. The first-order valence-electron chi connectivity index (χ1n) is 8.45. The van der Waals surface area contributed by atoms with Crippen LogP contribution in [0.1, 0.15) is 45.4 Å². The van der Waals surface area contributed by atoms with Crippen molar-refractivity contribution in [2.24, 2.45) is 0 Å². The minimum Gasteiger partial charge on any atom is -0.480 e. The number of carbonyl (C=O) groups is 1. The van der Waals surface area contributed by atoms with E-state index in [-0.39, 0.29) is 11.6 Å². The lowest BCUT2D eigenvalue weighted by atomic mass is 9.88. The Labute approximate surface area is 127 Å². The summed E-state index contributed by atoms with van der Waals surface area (Å²) < 4.78 is 6.12. The molecule has 0 amide bonds. The maximum atomic E-state index is 11.1. The van der Waals surface area contributed by atoms with Crippen LogP contribution in [0.2, 0.25) is 0 Å². The van der Waals surface area contributed by atoms with Gasteiger partial charge in [-0.3, -0.25) is 14.6 Å². The monoisotopic (exact) mass is 296 g/mol. The molecule has 3 rings (SSSR count). The Balaban J connectivity index is 1.53. The molecule has 1 spiro atoms. The van der Waals surface area contributed by atoms with E-state index < -0.39 is 5.97 Å². The molecule has 1 aliphatic carbocycles. The molecule has 2 unspecified atom stereocenters. The topological polar surface area (TPSA) is 53.0 Å². The molecule has 2 aliphatic heterocycles. The van der Waals surface area contributed by atoms with Gasteiger partial charge in [0.2, 0.25) is 0 Å². The molecule has 21 heavy (non-hydrogen) atoms. The predicted octanol–water partition coefficient (Wildman–Crippen LogP) is 1.57. The standard InChI is InChI=1S/C16H28N2O3/c1-13(15(19)20)17-7-9-18(10-8-17)14-4-11-21-16(12-14)5-2-3-6-16/h13-14H,2-12H2,1H3,(H,19,20). The molecule has 3 aliphatic rings. The van der Waals surface area contributed by atoms with Gasteiger partial charge in [0, 0.05) is 38.8 Å². The fraction of sp³-hybridized carbons (Fsp3) is 0.938. The minimum atomic E-state index is -0.709. The summed E-state index contributed by atoms with van der Waals surface area (Å²) in [5.41, 5.74) is 0.175. The average Bonchev–Trinajstić information content (AvgIpc) is 2.94. The second-order valence-corrected chi connectivity index (χ2v) is 6.97. The maximum Gasteiger partial charge on any atom is 0.320 e. The lowest BCUT2D eigenvalue weighted by molar-refractivity contribution is -0.144. The zero-order chi connectivity index (χ0) is 14.9. The van der Waals surface area contributed by atoms with E-state index in [1.807, 2.05) is 0 Å². The maximum absolute atomic E-state index is 11.1.